The predicted molar refractivity (Wildman–Crippen MR) is 118 cm³/mol. The molecule has 2 unspecified atom stereocenters. The first-order chi connectivity index (χ1) is 15.0. The van der Waals surface area contributed by atoms with Gasteiger partial charge in [-0.15, -0.1) is 0 Å². The van der Waals surface area contributed by atoms with Crippen LogP contribution in [0.5, 0.6) is 0 Å². The highest BCUT2D eigenvalue weighted by Gasteiger charge is 2.59. The van der Waals surface area contributed by atoms with E-state index < -0.39 is 23.3 Å². The molecule has 2 aromatic carbocycles. The van der Waals surface area contributed by atoms with E-state index >= 15 is 0 Å². The minimum Gasteiger partial charge on any atom is -0.325 e. The number of nitrogens with zero attached hydrogens (tertiary/aromatic N) is 1. The number of anilines is 1. The zero-order valence-corrected chi connectivity index (χ0v) is 17.9. The first-order valence-electron chi connectivity index (χ1n) is 11.3. The molecular formula is C26H28N2O3. The lowest BCUT2D eigenvalue weighted by Crippen LogP contribution is -2.51. The molecule has 2 aromatic rings. The molecule has 3 aliphatic rings. The number of fused-ring (bicyclic) bond motifs is 2. The third kappa shape index (κ3) is 3.36. The van der Waals surface area contributed by atoms with Crippen LogP contribution >= 0.6 is 0 Å². The number of Topliss-reactive ketones (excluding diaryl/α,β-unsaturated/α-hetero) is 1. The van der Waals surface area contributed by atoms with Crippen molar-refractivity contribution in [2.75, 3.05) is 5.32 Å². The summed E-state index contributed by atoms with van der Waals surface area (Å²) in [7, 11) is 0. The van der Waals surface area contributed by atoms with Crippen molar-refractivity contribution in [2.24, 2.45) is 5.92 Å². The second-order valence-corrected chi connectivity index (χ2v) is 9.39. The number of nitrogens with one attached hydrogen (secondary N) is 1. The van der Waals surface area contributed by atoms with Crippen molar-refractivity contribution >= 4 is 23.3 Å². The van der Waals surface area contributed by atoms with Crippen LogP contribution in [0, 0.1) is 5.92 Å². The van der Waals surface area contributed by atoms with Gasteiger partial charge in [0.25, 0.3) is 0 Å². The lowest BCUT2D eigenvalue weighted by molar-refractivity contribution is -0.138. The van der Waals surface area contributed by atoms with E-state index in [9.17, 15) is 14.4 Å². The summed E-state index contributed by atoms with van der Waals surface area (Å²) < 4.78 is 0. The van der Waals surface area contributed by atoms with Gasteiger partial charge in [-0.2, -0.15) is 0 Å². The second-order valence-electron chi connectivity index (χ2n) is 9.39. The van der Waals surface area contributed by atoms with Crippen LogP contribution in [0.1, 0.15) is 61.6 Å². The van der Waals surface area contributed by atoms with Gasteiger partial charge in [-0.3, -0.25) is 14.4 Å². The summed E-state index contributed by atoms with van der Waals surface area (Å²) >= 11 is 0. The Hall–Kier alpha value is -2.95. The minimum atomic E-state index is -1.28. The van der Waals surface area contributed by atoms with Gasteiger partial charge in [0.2, 0.25) is 11.8 Å². The standard InChI is InChI=1S/C26H28N2O3/c1-26-15-19-9-5-6-10-20(19)16-28(26)25(31)22(23(26)29)24(30)27-21-13-11-18(12-14-21)17-7-3-2-4-8-17/h5-6,9-14,17,22H,2-4,7-8,15-16H2,1H3,(H,27,30). The molecule has 0 radical (unpaired) electrons. The van der Waals surface area contributed by atoms with E-state index in [1.165, 1.54) is 37.7 Å². The summed E-state index contributed by atoms with van der Waals surface area (Å²) in [4.78, 5) is 40.9. The smallest absolute Gasteiger partial charge is 0.244 e. The van der Waals surface area contributed by atoms with Gasteiger partial charge in [0, 0.05) is 18.7 Å². The Morgan fingerprint density at radius 3 is 2.35 bits per heavy atom. The minimum absolute atomic E-state index is 0.302. The zero-order valence-electron chi connectivity index (χ0n) is 17.9. The number of hydrogen-bond acceptors (Lipinski definition) is 3. The average Bonchev–Trinajstić information content (AvgIpc) is 2.98. The van der Waals surface area contributed by atoms with E-state index in [1.54, 1.807) is 11.8 Å². The highest BCUT2D eigenvalue weighted by molar-refractivity contribution is 6.27. The molecule has 5 nitrogen and oxygen atoms in total. The van der Waals surface area contributed by atoms with Gasteiger partial charge in [-0.1, -0.05) is 55.7 Å². The van der Waals surface area contributed by atoms with Crippen LogP contribution in [0.2, 0.25) is 0 Å². The second kappa shape index (κ2) is 7.63. The summed E-state index contributed by atoms with van der Waals surface area (Å²) in [6.45, 7) is 2.16. The van der Waals surface area contributed by atoms with Crippen LogP contribution in [0.4, 0.5) is 5.69 Å². The molecule has 1 saturated carbocycles. The fourth-order valence-electron chi connectivity index (χ4n) is 5.54. The molecule has 5 heteroatoms. The van der Waals surface area contributed by atoms with Crippen LogP contribution in [0.25, 0.3) is 0 Å². The average molecular weight is 417 g/mol. The Bertz CT molecular complexity index is 1040. The number of ketones is 1. The Balaban J connectivity index is 1.32. The van der Waals surface area contributed by atoms with Gasteiger partial charge in [0.1, 0.15) is 5.54 Å². The number of benzene rings is 2. The highest BCUT2D eigenvalue weighted by atomic mass is 16.2. The lowest BCUT2D eigenvalue weighted by atomic mass is 9.82. The first kappa shape index (κ1) is 20.0. The van der Waals surface area contributed by atoms with Crippen molar-refractivity contribution in [3.8, 4) is 0 Å². The normalized spacial score (nSPS) is 25.8. The lowest BCUT2D eigenvalue weighted by Gasteiger charge is -2.38. The van der Waals surface area contributed by atoms with E-state index in [1.807, 2.05) is 36.4 Å². The molecule has 2 aliphatic heterocycles. The molecule has 160 valence electrons. The topological polar surface area (TPSA) is 66.5 Å². The van der Waals surface area contributed by atoms with Crippen LogP contribution in [-0.2, 0) is 27.3 Å². The Morgan fingerprint density at radius 1 is 0.968 bits per heavy atom. The van der Waals surface area contributed by atoms with E-state index in [-0.39, 0.29) is 5.78 Å². The van der Waals surface area contributed by atoms with Crippen molar-refractivity contribution in [1.29, 1.82) is 0 Å². The van der Waals surface area contributed by atoms with Gasteiger partial charge in [-0.25, -0.2) is 0 Å². The van der Waals surface area contributed by atoms with Crippen LogP contribution in [0.15, 0.2) is 48.5 Å². The van der Waals surface area contributed by atoms with Crippen molar-refractivity contribution in [2.45, 2.75) is 63.5 Å². The Kier molecular flexibility index (Phi) is 4.92. The quantitative estimate of drug-likeness (QED) is 0.762. The van der Waals surface area contributed by atoms with Crippen molar-refractivity contribution in [1.82, 2.24) is 4.90 Å². The largest absolute Gasteiger partial charge is 0.325 e. The molecule has 2 atom stereocenters. The highest BCUT2D eigenvalue weighted by Crippen LogP contribution is 2.40. The number of rotatable bonds is 3. The molecular weight excluding hydrogens is 388 g/mol. The monoisotopic (exact) mass is 416 g/mol. The summed E-state index contributed by atoms with van der Waals surface area (Å²) in [5.74, 6) is -1.91. The van der Waals surface area contributed by atoms with Crippen molar-refractivity contribution in [3.05, 3.63) is 65.2 Å². The maximum absolute atomic E-state index is 13.3. The maximum atomic E-state index is 13.3. The SMILES string of the molecule is CC12Cc3ccccc3CN1C(=O)C(C(=O)Nc1ccc(C3CCCCC3)cc1)C2=O. The van der Waals surface area contributed by atoms with Crippen molar-refractivity contribution < 1.29 is 14.4 Å². The fourth-order valence-corrected chi connectivity index (χ4v) is 5.54. The molecule has 0 spiro atoms. The summed E-state index contributed by atoms with van der Waals surface area (Å²) in [6, 6.07) is 15.7. The van der Waals surface area contributed by atoms with E-state index in [4.69, 9.17) is 0 Å². The van der Waals surface area contributed by atoms with Crippen LogP contribution in [-0.4, -0.2) is 28.0 Å². The molecule has 1 saturated heterocycles. The van der Waals surface area contributed by atoms with Gasteiger partial charge < -0.3 is 10.2 Å². The first-order valence-corrected chi connectivity index (χ1v) is 11.3. The van der Waals surface area contributed by atoms with E-state index in [0.717, 1.165) is 11.1 Å². The molecule has 0 bridgehead atoms. The molecule has 2 fully saturated rings. The summed E-state index contributed by atoms with van der Waals surface area (Å²) in [6.07, 6.45) is 6.74. The van der Waals surface area contributed by atoms with Crippen LogP contribution < -0.4 is 5.32 Å². The maximum Gasteiger partial charge on any atom is 0.244 e. The molecule has 2 amide bonds. The van der Waals surface area contributed by atoms with Crippen molar-refractivity contribution in [3.63, 3.8) is 0 Å². The molecule has 0 aromatic heterocycles. The molecule has 1 aliphatic carbocycles. The number of carbonyl (C=O) groups is 3. The van der Waals surface area contributed by atoms with Gasteiger partial charge >= 0.3 is 0 Å². The third-order valence-corrected chi connectivity index (χ3v) is 7.40. The summed E-state index contributed by atoms with van der Waals surface area (Å²) in [5.41, 5.74) is 3.08. The molecule has 1 N–H and O–H groups in total. The predicted octanol–water partition coefficient (Wildman–Crippen LogP) is 4.22. The number of amides is 2. The molecule has 31 heavy (non-hydrogen) atoms. The van der Waals surface area contributed by atoms with Crippen LogP contribution in [0.3, 0.4) is 0 Å². The third-order valence-electron chi connectivity index (χ3n) is 7.40. The Morgan fingerprint density at radius 2 is 1.65 bits per heavy atom. The van der Waals surface area contributed by atoms with Gasteiger partial charge in [-0.05, 0) is 54.5 Å². The number of carbonyl (C=O) groups excluding carboxylic acids is 3. The molecule has 2 heterocycles. The van der Waals surface area contributed by atoms with E-state index in [0.29, 0.717) is 24.6 Å². The van der Waals surface area contributed by atoms with Gasteiger partial charge in [0.15, 0.2) is 11.7 Å². The zero-order chi connectivity index (χ0) is 21.6. The summed E-state index contributed by atoms with van der Waals surface area (Å²) in [5, 5.41) is 2.82. The Labute approximate surface area is 182 Å². The van der Waals surface area contributed by atoms with E-state index in [2.05, 4.69) is 17.4 Å². The van der Waals surface area contributed by atoms with Gasteiger partial charge in [0.05, 0.1) is 0 Å². The molecule has 5 rings (SSSR count). The number of hydrogen-bond donors (Lipinski definition) is 1. The fraction of sp³-hybridized carbons (Fsp3) is 0.423.